The maximum absolute atomic E-state index is 2.46. The molecule has 0 bridgehead atoms. The topological polar surface area (TPSA) is 0 Å². The number of fused-ring (bicyclic) bond motifs is 16. The molecule has 1 spiro atoms. The number of hydrogen-bond acceptors (Lipinski definition) is 0. The van der Waals surface area contributed by atoms with Gasteiger partial charge in [-0.05, 0) is 127 Å². The first-order valence-electron chi connectivity index (χ1n) is 20.7. The van der Waals surface area contributed by atoms with Crippen molar-refractivity contribution in [2.24, 2.45) is 0 Å². The number of hydrogen-bond donors (Lipinski definition) is 0. The predicted molar refractivity (Wildman–Crippen MR) is 249 cm³/mol. The molecule has 0 atom stereocenters. The largest absolute Gasteiger partial charge is 0.0731 e. The molecule has 11 aromatic carbocycles. The van der Waals surface area contributed by atoms with E-state index < -0.39 is 5.41 Å². The van der Waals surface area contributed by atoms with E-state index in [-0.39, 0.29) is 0 Å². The highest BCUT2D eigenvalue weighted by Crippen LogP contribution is 2.65. The third-order valence-corrected chi connectivity index (χ3v) is 13.5. The summed E-state index contributed by atoms with van der Waals surface area (Å²) in [5, 5.41) is 10.2. The Bertz CT molecular complexity index is 3450. The third kappa shape index (κ3) is 4.33. The van der Waals surface area contributed by atoms with Gasteiger partial charge in [0.25, 0.3) is 0 Å². The molecule has 0 unspecified atom stereocenters. The van der Waals surface area contributed by atoms with Gasteiger partial charge in [-0.25, -0.2) is 0 Å². The Morgan fingerprint density at radius 1 is 0.237 bits per heavy atom. The van der Waals surface area contributed by atoms with Crippen molar-refractivity contribution in [2.45, 2.75) is 5.41 Å². The van der Waals surface area contributed by atoms with Gasteiger partial charge in [-0.2, -0.15) is 0 Å². The molecule has 0 aromatic heterocycles. The lowest BCUT2D eigenvalue weighted by atomic mass is 9.69. The van der Waals surface area contributed by atoms with Crippen molar-refractivity contribution in [3.05, 3.63) is 241 Å². The summed E-state index contributed by atoms with van der Waals surface area (Å²) in [7, 11) is 0. The minimum Gasteiger partial charge on any atom is -0.0622 e. The van der Waals surface area contributed by atoms with Crippen molar-refractivity contribution < 1.29 is 0 Å². The number of benzene rings is 11. The van der Waals surface area contributed by atoms with Gasteiger partial charge in [-0.3, -0.25) is 0 Å². The summed E-state index contributed by atoms with van der Waals surface area (Å²) >= 11 is 0. The Balaban J connectivity index is 1.10. The van der Waals surface area contributed by atoms with Crippen LogP contribution in [0.5, 0.6) is 0 Å². The molecule has 0 saturated carbocycles. The molecule has 0 fully saturated rings. The first kappa shape index (κ1) is 32.5. The maximum Gasteiger partial charge on any atom is 0.0731 e. The SMILES string of the molecule is c1ccc(-c2ccccc2-c2c3ccccc3c(-c3ccc4c5c(ccc4c3)-c3c(ccc4ccccc34)C53c4ccccc4-c4ccccc43)c3ccccc23)cc1. The van der Waals surface area contributed by atoms with Crippen LogP contribution in [-0.4, -0.2) is 0 Å². The molecule has 11 aromatic rings. The smallest absolute Gasteiger partial charge is 0.0622 e. The van der Waals surface area contributed by atoms with E-state index in [9.17, 15) is 0 Å². The second-order valence-electron chi connectivity index (χ2n) is 16.2. The fourth-order valence-electron chi connectivity index (χ4n) is 11.2. The molecule has 2 aliphatic carbocycles. The average molecular weight is 745 g/mol. The van der Waals surface area contributed by atoms with Gasteiger partial charge in [-0.1, -0.05) is 212 Å². The maximum atomic E-state index is 2.46. The van der Waals surface area contributed by atoms with Crippen LogP contribution in [0.2, 0.25) is 0 Å². The van der Waals surface area contributed by atoms with Crippen LogP contribution in [-0.2, 0) is 5.41 Å². The molecule has 0 radical (unpaired) electrons. The molecule has 0 N–H and O–H groups in total. The first-order valence-corrected chi connectivity index (χ1v) is 20.7. The summed E-state index contributed by atoms with van der Waals surface area (Å²) in [6.45, 7) is 0. The summed E-state index contributed by atoms with van der Waals surface area (Å²) in [5.74, 6) is 0. The lowest BCUT2D eigenvalue weighted by molar-refractivity contribution is 0.802. The average Bonchev–Trinajstić information content (AvgIpc) is 3.78. The van der Waals surface area contributed by atoms with E-state index >= 15 is 0 Å². The van der Waals surface area contributed by atoms with Crippen LogP contribution in [0.3, 0.4) is 0 Å². The van der Waals surface area contributed by atoms with Gasteiger partial charge in [-0.15, -0.1) is 0 Å². The van der Waals surface area contributed by atoms with Crippen molar-refractivity contribution in [3.63, 3.8) is 0 Å². The lowest BCUT2D eigenvalue weighted by Gasteiger charge is -2.31. The van der Waals surface area contributed by atoms with Crippen LogP contribution in [0.4, 0.5) is 0 Å². The van der Waals surface area contributed by atoms with Crippen LogP contribution >= 0.6 is 0 Å². The number of rotatable bonds is 3. The highest BCUT2D eigenvalue weighted by atomic mass is 14.5. The summed E-state index contributed by atoms with van der Waals surface area (Å²) in [6.07, 6.45) is 0. The molecule has 0 amide bonds. The van der Waals surface area contributed by atoms with Crippen LogP contribution < -0.4 is 0 Å². The van der Waals surface area contributed by atoms with Crippen molar-refractivity contribution >= 4 is 43.1 Å². The van der Waals surface area contributed by atoms with E-state index in [1.54, 1.807) is 0 Å². The van der Waals surface area contributed by atoms with Gasteiger partial charge in [0, 0.05) is 0 Å². The van der Waals surface area contributed by atoms with Crippen molar-refractivity contribution in [1.82, 2.24) is 0 Å². The predicted octanol–water partition coefficient (Wildman–Crippen LogP) is 15.6. The Labute approximate surface area is 343 Å². The summed E-state index contributed by atoms with van der Waals surface area (Å²) in [6, 6.07) is 81.8. The van der Waals surface area contributed by atoms with Gasteiger partial charge >= 0.3 is 0 Å². The molecule has 59 heavy (non-hydrogen) atoms. The second kappa shape index (κ2) is 12.2. The van der Waals surface area contributed by atoms with Gasteiger partial charge in [0.2, 0.25) is 0 Å². The minimum absolute atomic E-state index is 0.434. The zero-order valence-corrected chi connectivity index (χ0v) is 32.3. The molecule has 0 nitrogen and oxygen atoms in total. The standard InChI is InChI=1S/C59H36/c1-2-16-37(17-3-1)41-19-6-7-23-46(41)56-49-26-10-8-24-47(49)55(48-25-9-11-27-50(48)56)40-31-33-43-39(36-40)30-34-51-57-42-20-5-4-18-38(42)32-35-54(57)59(58(43)51)52-28-14-12-21-44(52)45-22-13-15-29-53(45)59/h1-36H. The summed E-state index contributed by atoms with van der Waals surface area (Å²) in [5.41, 5.74) is 17.9. The van der Waals surface area contributed by atoms with Crippen LogP contribution in [0.25, 0.3) is 98.7 Å². The highest BCUT2D eigenvalue weighted by Gasteiger charge is 2.52. The van der Waals surface area contributed by atoms with Crippen LogP contribution in [0.15, 0.2) is 218 Å². The molecule has 272 valence electrons. The van der Waals surface area contributed by atoms with Gasteiger partial charge < -0.3 is 0 Å². The minimum atomic E-state index is -0.434. The van der Waals surface area contributed by atoms with Crippen molar-refractivity contribution in [1.29, 1.82) is 0 Å². The lowest BCUT2D eigenvalue weighted by Crippen LogP contribution is -2.26. The van der Waals surface area contributed by atoms with Gasteiger partial charge in [0.05, 0.1) is 5.41 Å². The fraction of sp³-hybridized carbons (Fsp3) is 0.0169. The quantitative estimate of drug-likeness (QED) is 0.158. The van der Waals surface area contributed by atoms with Crippen LogP contribution in [0.1, 0.15) is 22.3 Å². The van der Waals surface area contributed by atoms with Gasteiger partial charge in [0.15, 0.2) is 0 Å². The molecule has 0 heterocycles. The monoisotopic (exact) mass is 744 g/mol. The van der Waals surface area contributed by atoms with E-state index in [1.165, 1.54) is 121 Å². The molecular formula is C59H36. The zero-order chi connectivity index (χ0) is 38.7. The highest BCUT2D eigenvalue weighted by molar-refractivity contribution is 6.23. The summed E-state index contributed by atoms with van der Waals surface area (Å²) < 4.78 is 0. The van der Waals surface area contributed by atoms with E-state index in [0.29, 0.717) is 0 Å². The van der Waals surface area contributed by atoms with E-state index in [1.807, 2.05) is 0 Å². The zero-order valence-electron chi connectivity index (χ0n) is 32.3. The Morgan fingerprint density at radius 2 is 0.763 bits per heavy atom. The molecule has 2 aliphatic rings. The second-order valence-corrected chi connectivity index (χ2v) is 16.2. The Hall–Kier alpha value is -7.54. The first-order chi connectivity index (χ1) is 29.3. The molecule has 0 aliphatic heterocycles. The van der Waals surface area contributed by atoms with E-state index in [0.717, 1.165) is 0 Å². The molecular weight excluding hydrogens is 709 g/mol. The normalized spacial score (nSPS) is 13.2. The van der Waals surface area contributed by atoms with Crippen LogP contribution in [0, 0.1) is 0 Å². The Morgan fingerprint density at radius 3 is 1.44 bits per heavy atom. The van der Waals surface area contributed by atoms with E-state index in [4.69, 9.17) is 0 Å². The van der Waals surface area contributed by atoms with Crippen molar-refractivity contribution in [3.8, 4) is 55.6 Å². The molecule has 13 rings (SSSR count). The Kier molecular flexibility index (Phi) is 6.74. The van der Waals surface area contributed by atoms with E-state index in [2.05, 4.69) is 218 Å². The molecule has 0 heteroatoms. The fourth-order valence-corrected chi connectivity index (χ4v) is 11.2. The third-order valence-electron chi connectivity index (χ3n) is 13.5. The van der Waals surface area contributed by atoms with Gasteiger partial charge in [0.1, 0.15) is 0 Å². The van der Waals surface area contributed by atoms with Crippen molar-refractivity contribution in [2.75, 3.05) is 0 Å². The molecule has 0 saturated heterocycles. The summed E-state index contributed by atoms with van der Waals surface area (Å²) in [4.78, 5) is 0.